The monoisotopic (exact) mass is 332 g/mol. The van der Waals surface area contributed by atoms with Crippen molar-refractivity contribution in [2.24, 2.45) is 5.92 Å². The second kappa shape index (κ2) is 5.52. The number of hydrogen-bond donors (Lipinski definition) is 2. The molecule has 1 saturated heterocycles. The van der Waals surface area contributed by atoms with Crippen LogP contribution < -0.4 is 10.6 Å². The number of hydrogen-bond acceptors (Lipinski definition) is 2. The highest BCUT2D eigenvalue weighted by molar-refractivity contribution is 5.75. The molecule has 2 heterocycles. The van der Waals surface area contributed by atoms with Crippen LogP contribution in [0, 0.1) is 12.8 Å². The molecule has 0 saturated carbocycles. The van der Waals surface area contributed by atoms with Gasteiger partial charge in [0.05, 0.1) is 5.56 Å². The fourth-order valence-electron chi connectivity index (χ4n) is 4.03. The van der Waals surface area contributed by atoms with Gasteiger partial charge in [-0.2, -0.15) is 13.2 Å². The van der Waals surface area contributed by atoms with E-state index in [4.69, 9.17) is 0 Å². The number of benzene rings is 2. The molecule has 2 atom stereocenters. The van der Waals surface area contributed by atoms with Gasteiger partial charge in [0.25, 0.3) is 0 Å². The summed E-state index contributed by atoms with van der Waals surface area (Å²) in [6.07, 6.45) is -4.35. The van der Waals surface area contributed by atoms with Gasteiger partial charge in [0.15, 0.2) is 0 Å². The molecule has 0 bridgehead atoms. The highest BCUT2D eigenvalue weighted by atomic mass is 19.4. The summed E-state index contributed by atoms with van der Waals surface area (Å²) in [4.78, 5) is 0. The van der Waals surface area contributed by atoms with Gasteiger partial charge in [-0.3, -0.25) is 0 Å². The predicted molar refractivity (Wildman–Crippen MR) is 89.2 cm³/mol. The topological polar surface area (TPSA) is 24.1 Å². The van der Waals surface area contributed by atoms with Crippen molar-refractivity contribution in [3.8, 4) is 11.1 Å². The van der Waals surface area contributed by atoms with E-state index in [0.29, 0.717) is 17.4 Å². The lowest BCUT2D eigenvalue weighted by Crippen LogP contribution is -2.27. The Hall–Kier alpha value is -2.01. The van der Waals surface area contributed by atoms with Crippen molar-refractivity contribution in [2.45, 2.75) is 19.0 Å². The summed E-state index contributed by atoms with van der Waals surface area (Å²) in [5, 5.41) is 6.86. The number of fused-ring (bicyclic) bond motifs is 3. The maximum atomic E-state index is 13.4. The van der Waals surface area contributed by atoms with E-state index in [9.17, 15) is 13.2 Å². The van der Waals surface area contributed by atoms with Crippen molar-refractivity contribution >= 4 is 5.69 Å². The molecule has 2 N–H and O–H groups in total. The summed E-state index contributed by atoms with van der Waals surface area (Å²) in [6, 6.07) is 9.63. The molecule has 2 aliphatic rings. The Morgan fingerprint density at radius 1 is 1.04 bits per heavy atom. The van der Waals surface area contributed by atoms with Crippen molar-refractivity contribution in [2.75, 3.05) is 25.0 Å². The molecular weight excluding hydrogens is 313 g/mol. The van der Waals surface area contributed by atoms with Crippen LogP contribution in [-0.2, 0) is 6.18 Å². The van der Waals surface area contributed by atoms with Crippen LogP contribution in [0.25, 0.3) is 11.1 Å². The number of rotatable bonds is 1. The second-order valence-electron chi connectivity index (χ2n) is 6.71. The Balaban J connectivity index is 1.87. The number of aryl methyl sites for hydroxylation is 1. The Bertz CT molecular complexity index is 783. The van der Waals surface area contributed by atoms with Crippen LogP contribution in [0.15, 0.2) is 36.4 Å². The number of halogens is 3. The van der Waals surface area contributed by atoms with Crippen molar-refractivity contribution < 1.29 is 13.2 Å². The van der Waals surface area contributed by atoms with Gasteiger partial charge in [-0.05, 0) is 53.3 Å². The Kier molecular flexibility index (Phi) is 3.57. The first-order chi connectivity index (χ1) is 11.4. The first kappa shape index (κ1) is 15.5. The molecule has 24 heavy (non-hydrogen) atoms. The quantitative estimate of drug-likeness (QED) is 0.808. The lowest BCUT2D eigenvalue weighted by molar-refractivity contribution is -0.137. The van der Waals surface area contributed by atoms with Crippen LogP contribution in [0.2, 0.25) is 0 Å². The van der Waals surface area contributed by atoms with Gasteiger partial charge in [-0.1, -0.05) is 18.2 Å². The lowest BCUT2D eigenvalue weighted by atomic mass is 9.81. The van der Waals surface area contributed by atoms with Crippen LogP contribution in [0.5, 0.6) is 0 Å². The molecule has 0 radical (unpaired) electrons. The molecule has 5 heteroatoms. The van der Waals surface area contributed by atoms with Gasteiger partial charge in [-0.25, -0.2) is 0 Å². The molecule has 1 unspecified atom stereocenters. The molecule has 2 aromatic carbocycles. The normalized spacial score (nSPS) is 22.7. The van der Waals surface area contributed by atoms with Gasteiger partial charge < -0.3 is 10.6 Å². The molecule has 126 valence electrons. The van der Waals surface area contributed by atoms with Crippen LogP contribution >= 0.6 is 0 Å². The molecule has 0 amide bonds. The smallest absolute Gasteiger partial charge is 0.384 e. The summed E-state index contributed by atoms with van der Waals surface area (Å²) in [6.45, 7) is 4.74. The molecule has 1 fully saturated rings. The summed E-state index contributed by atoms with van der Waals surface area (Å²) in [7, 11) is 0. The minimum Gasteiger partial charge on any atom is -0.384 e. The molecule has 2 nitrogen and oxygen atoms in total. The van der Waals surface area contributed by atoms with E-state index in [-0.39, 0.29) is 5.56 Å². The zero-order chi connectivity index (χ0) is 16.9. The minimum absolute atomic E-state index is 0.254. The summed E-state index contributed by atoms with van der Waals surface area (Å²) >= 11 is 0. The van der Waals surface area contributed by atoms with Crippen LogP contribution in [0.1, 0.15) is 22.6 Å². The summed E-state index contributed by atoms with van der Waals surface area (Å²) in [5.41, 5.74) is 3.56. The second-order valence-corrected chi connectivity index (χ2v) is 6.71. The van der Waals surface area contributed by atoms with Crippen LogP contribution in [-0.4, -0.2) is 19.6 Å². The van der Waals surface area contributed by atoms with E-state index in [2.05, 4.69) is 10.6 Å². The Labute approximate surface area is 139 Å². The number of anilines is 1. The maximum absolute atomic E-state index is 13.4. The average molecular weight is 332 g/mol. The average Bonchev–Trinajstić information content (AvgIpc) is 3.03. The molecule has 0 aromatic heterocycles. The van der Waals surface area contributed by atoms with Crippen molar-refractivity contribution in [3.63, 3.8) is 0 Å². The molecule has 2 aliphatic heterocycles. The third kappa shape index (κ3) is 2.47. The molecule has 4 rings (SSSR count). The molecule has 2 aromatic rings. The van der Waals surface area contributed by atoms with E-state index < -0.39 is 11.7 Å². The molecule has 0 aliphatic carbocycles. The van der Waals surface area contributed by atoms with E-state index >= 15 is 0 Å². The highest BCUT2D eigenvalue weighted by Crippen LogP contribution is 2.43. The molecule has 0 spiro atoms. The van der Waals surface area contributed by atoms with E-state index in [1.165, 1.54) is 6.07 Å². The number of alkyl halides is 3. The summed E-state index contributed by atoms with van der Waals surface area (Å²) < 4.78 is 40.1. The van der Waals surface area contributed by atoms with Gasteiger partial charge in [0.2, 0.25) is 0 Å². The summed E-state index contributed by atoms with van der Waals surface area (Å²) in [5.74, 6) is 0.878. The largest absolute Gasteiger partial charge is 0.417 e. The molecular formula is C19H19F3N2. The SMILES string of the molecule is Cc1cc(-c2ccccc2C(F)(F)F)cc2c1NCC1CNC[C@@H]21. The zero-order valence-electron chi connectivity index (χ0n) is 13.4. The first-order valence-corrected chi connectivity index (χ1v) is 8.21. The number of nitrogens with one attached hydrogen (secondary N) is 2. The van der Waals surface area contributed by atoms with Crippen LogP contribution in [0.4, 0.5) is 18.9 Å². The third-order valence-electron chi connectivity index (χ3n) is 5.19. The van der Waals surface area contributed by atoms with Crippen molar-refractivity contribution in [3.05, 3.63) is 53.1 Å². The highest BCUT2D eigenvalue weighted by Gasteiger charge is 2.36. The van der Waals surface area contributed by atoms with Crippen LogP contribution in [0.3, 0.4) is 0 Å². The Morgan fingerprint density at radius 3 is 2.62 bits per heavy atom. The van der Waals surface area contributed by atoms with Gasteiger partial charge in [0, 0.05) is 31.2 Å². The van der Waals surface area contributed by atoms with Gasteiger partial charge in [0.1, 0.15) is 0 Å². The van der Waals surface area contributed by atoms with E-state index in [1.807, 2.05) is 19.1 Å². The van der Waals surface area contributed by atoms with Gasteiger partial charge >= 0.3 is 6.18 Å². The standard InChI is InChI=1S/C19H19F3N2/c1-11-6-12(14-4-2-3-5-17(14)19(20,21)22)7-15-16-10-23-8-13(16)9-24-18(11)15/h2-7,13,16,23-24H,8-10H2,1H3/t13?,16-/m1/s1. The minimum atomic E-state index is -4.35. The lowest BCUT2D eigenvalue weighted by Gasteiger charge is -2.31. The predicted octanol–water partition coefficient (Wildman–Crippen LogP) is 4.41. The Morgan fingerprint density at radius 2 is 1.83 bits per heavy atom. The third-order valence-corrected chi connectivity index (χ3v) is 5.19. The first-order valence-electron chi connectivity index (χ1n) is 8.21. The maximum Gasteiger partial charge on any atom is 0.417 e. The zero-order valence-corrected chi connectivity index (χ0v) is 13.4. The van der Waals surface area contributed by atoms with Gasteiger partial charge in [-0.15, -0.1) is 0 Å². The fourth-order valence-corrected chi connectivity index (χ4v) is 4.03. The van der Waals surface area contributed by atoms with E-state index in [0.717, 1.165) is 42.5 Å². The van der Waals surface area contributed by atoms with Crippen molar-refractivity contribution in [1.82, 2.24) is 5.32 Å². The van der Waals surface area contributed by atoms with Crippen molar-refractivity contribution in [1.29, 1.82) is 0 Å². The fraction of sp³-hybridized carbons (Fsp3) is 0.368. The van der Waals surface area contributed by atoms with E-state index in [1.54, 1.807) is 12.1 Å².